The number of ether oxygens (including phenoxy) is 2. The Morgan fingerprint density at radius 1 is 1.30 bits per heavy atom. The molecular formula is C16H25NO3. The lowest BCUT2D eigenvalue weighted by Crippen LogP contribution is -2.37. The number of methoxy groups -OCH3 is 1. The molecule has 112 valence electrons. The van der Waals surface area contributed by atoms with Crippen LogP contribution in [0.2, 0.25) is 0 Å². The highest BCUT2D eigenvalue weighted by Crippen LogP contribution is 2.24. The summed E-state index contributed by atoms with van der Waals surface area (Å²) in [5.41, 5.74) is 2.49. The molecule has 0 spiro atoms. The summed E-state index contributed by atoms with van der Waals surface area (Å²) in [5, 5.41) is 2.76. The van der Waals surface area contributed by atoms with E-state index in [2.05, 4.69) is 32.2 Å². The van der Waals surface area contributed by atoms with E-state index in [-0.39, 0.29) is 5.91 Å². The molecule has 0 bridgehead atoms. The van der Waals surface area contributed by atoms with Crippen molar-refractivity contribution in [3.05, 3.63) is 29.3 Å². The maximum Gasteiger partial charge on any atom is 0.260 e. The quantitative estimate of drug-likeness (QED) is 0.781. The molecule has 0 radical (unpaired) electrons. The van der Waals surface area contributed by atoms with Crippen LogP contribution in [0.1, 0.15) is 37.8 Å². The van der Waals surface area contributed by atoms with Gasteiger partial charge < -0.3 is 14.8 Å². The second-order valence-corrected chi connectivity index (χ2v) is 5.22. The Kier molecular flexibility index (Phi) is 6.52. The molecule has 20 heavy (non-hydrogen) atoms. The van der Waals surface area contributed by atoms with E-state index >= 15 is 0 Å². The van der Waals surface area contributed by atoms with Crippen molar-refractivity contribution in [2.24, 2.45) is 0 Å². The van der Waals surface area contributed by atoms with E-state index in [9.17, 15) is 4.79 Å². The molecule has 1 unspecified atom stereocenters. The van der Waals surface area contributed by atoms with Crippen LogP contribution in [0, 0.1) is 6.92 Å². The number of nitrogens with one attached hydrogen (secondary N) is 1. The molecule has 1 aromatic carbocycles. The average molecular weight is 279 g/mol. The summed E-state index contributed by atoms with van der Waals surface area (Å²) < 4.78 is 10.6. The van der Waals surface area contributed by atoms with Crippen LogP contribution in [0.25, 0.3) is 0 Å². The first-order chi connectivity index (χ1) is 9.45. The van der Waals surface area contributed by atoms with Crippen LogP contribution in [-0.4, -0.2) is 32.3 Å². The molecule has 4 heteroatoms. The minimum Gasteiger partial charge on any atom is -0.481 e. The molecule has 0 aromatic heterocycles. The summed E-state index contributed by atoms with van der Waals surface area (Å²) in [6.45, 7) is 9.12. The largest absolute Gasteiger partial charge is 0.481 e. The molecule has 1 amide bonds. The van der Waals surface area contributed by atoms with Crippen molar-refractivity contribution in [1.82, 2.24) is 5.32 Å². The molecule has 0 saturated heterocycles. The van der Waals surface area contributed by atoms with Gasteiger partial charge in [0.25, 0.3) is 5.91 Å². The number of hydrogen-bond acceptors (Lipinski definition) is 3. The normalized spacial score (nSPS) is 12.3. The van der Waals surface area contributed by atoms with Crippen LogP contribution in [-0.2, 0) is 9.53 Å². The third-order valence-corrected chi connectivity index (χ3v) is 3.15. The molecule has 0 heterocycles. The first-order valence-electron chi connectivity index (χ1n) is 6.99. The van der Waals surface area contributed by atoms with Crippen molar-refractivity contribution >= 4 is 5.91 Å². The Hall–Kier alpha value is -1.55. The second-order valence-electron chi connectivity index (χ2n) is 5.22. The highest BCUT2D eigenvalue weighted by Gasteiger charge is 2.14. The van der Waals surface area contributed by atoms with Crippen LogP contribution in [0.5, 0.6) is 5.75 Å². The van der Waals surface area contributed by atoms with Gasteiger partial charge in [-0.05, 0) is 43.0 Å². The fourth-order valence-electron chi connectivity index (χ4n) is 2.05. The summed E-state index contributed by atoms with van der Waals surface area (Å²) in [6.07, 6.45) is -0.517. The highest BCUT2D eigenvalue weighted by molar-refractivity contribution is 5.80. The molecule has 1 aromatic rings. The van der Waals surface area contributed by atoms with Gasteiger partial charge in [0.1, 0.15) is 5.75 Å². The van der Waals surface area contributed by atoms with E-state index in [1.807, 2.05) is 12.1 Å². The molecule has 0 aliphatic carbocycles. The number of carbonyl (C=O) groups excluding carboxylic acids is 1. The molecule has 1 N–H and O–H groups in total. The van der Waals surface area contributed by atoms with Gasteiger partial charge in [0.15, 0.2) is 6.10 Å². The Balaban J connectivity index is 2.59. The predicted octanol–water partition coefficient (Wildman–Crippen LogP) is 2.65. The van der Waals surface area contributed by atoms with Gasteiger partial charge in [-0.3, -0.25) is 4.79 Å². The van der Waals surface area contributed by atoms with E-state index in [0.717, 1.165) is 5.75 Å². The first kappa shape index (κ1) is 16.5. The molecule has 0 aliphatic rings. The van der Waals surface area contributed by atoms with E-state index in [4.69, 9.17) is 9.47 Å². The van der Waals surface area contributed by atoms with Gasteiger partial charge in [0.2, 0.25) is 0 Å². The van der Waals surface area contributed by atoms with Crippen LogP contribution < -0.4 is 10.1 Å². The molecule has 1 rings (SSSR count). The number of amides is 1. The Labute approximate surface area is 121 Å². The van der Waals surface area contributed by atoms with Crippen molar-refractivity contribution in [1.29, 1.82) is 0 Å². The summed E-state index contributed by atoms with van der Waals surface area (Å²) in [7, 11) is 1.60. The lowest BCUT2D eigenvalue weighted by molar-refractivity contribution is -0.127. The van der Waals surface area contributed by atoms with Gasteiger partial charge >= 0.3 is 0 Å². The minimum atomic E-state index is -0.517. The van der Waals surface area contributed by atoms with Crippen LogP contribution in [0.3, 0.4) is 0 Å². The van der Waals surface area contributed by atoms with E-state index in [1.54, 1.807) is 14.0 Å². The van der Waals surface area contributed by atoms with Crippen molar-refractivity contribution in [2.75, 3.05) is 20.3 Å². The molecule has 0 fully saturated rings. The van der Waals surface area contributed by atoms with E-state index in [1.165, 1.54) is 11.1 Å². The SMILES string of the molecule is COCCNC(=O)C(C)Oc1ccc(C(C)C)c(C)c1. The smallest absolute Gasteiger partial charge is 0.260 e. The minimum absolute atomic E-state index is 0.132. The third-order valence-electron chi connectivity index (χ3n) is 3.15. The van der Waals surface area contributed by atoms with E-state index < -0.39 is 6.10 Å². The standard InChI is InChI=1S/C16H25NO3/c1-11(2)15-7-6-14(10-12(15)3)20-13(4)16(18)17-8-9-19-5/h6-7,10-11,13H,8-9H2,1-5H3,(H,17,18). The lowest BCUT2D eigenvalue weighted by Gasteiger charge is -2.16. The van der Waals surface area contributed by atoms with Crippen molar-refractivity contribution in [3.63, 3.8) is 0 Å². The zero-order chi connectivity index (χ0) is 15.1. The zero-order valence-corrected chi connectivity index (χ0v) is 13.0. The second kappa shape index (κ2) is 7.90. The fourth-order valence-corrected chi connectivity index (χ4v) is 2.05. The highest BCUT2D eigenvalue weighted by atomic mass is 16.5. The fraction of sp³-hybridized carbons (Fsp3) is 0.562. The summed E-state index contributed by atoms with van der Waals surface area (Å²) in [6, 6.07) is 5.96. The van der Waals surface area contributed by atoms with Crippen molar-refractivity contribution in [2.45, 2.75) is 39.7 Å². The van der Waals surface area contributed by atoms with Crippen LogP contribution in [0.15, 0.2) is 18.2 Å². The van der Waals surface area contributed by atoms with Crippen LogP contribution >= 0.6 is 0 Å². The Bertz CT molecular complexity index is 443. The number of rotatable bonds is 7. The Morgan fingerprint density at radius 3 is 2.55 bits per heavy atom. The van der Waals surface area contributed by atoms with Crippen molar-refractivity contribution < 1.29 is 14.3 Å². The summed E-state index contributed by atoms with van der Waals surface area (Å²) >= 11 is 0. The number of aryl methyl sites for hydroxylation is 1. The van der Waals surface area contributed by atoms with Gasteiger partial charge in [-0.2, -0.15) is 0 Å². The topological polar surface area (TPSA) is 47.6 Å². The lowest BCUT2D eigenvalue weighted by atomic mass is 9.98. The number of benzene rings is 1. The van der Waals surface area contributed by atoms with Crippen LogP contribution in [0.4, 0.5) is 0 Å². The molecule has 0 saturated carbocycles. The molecule has 1 atom stereocenters. The maximum absolute atomic E-state index is 11.8. The molecule has 0 aliphatic heterocycles. The Morgan fingerprint density at radius 2 is 2.00 bits per heavy atom. The molecular weight excluding hydrogens is 254 g/mol. The summed E-state index contributed by atoms with van der Waals surface area (Å²) in [4.78, 5) is 11.8. The van der Waals surface area contributed by atoms with Gasteiger partial charge in [0, 0.05) is 13.7 Å². The van der Waals surface area contributed by atoms with Gasteiger partial charge in [-0.25, -0.2) is 0 Å². The molecule has 4 nitrogen and oxygen atoms in total. The number of carbonyl (C=O) groups is 1. The monoisotopic (exact) mass is 279 g/mol. The van der Waals surface area contributed by atoms with Crippen molar-refractivity contribution in [3.8, 4) is 5.75 Å². The van der Waals surface area contributed by atoms with E-state index in [0.29, 0.717) is 19.1 Å². The zero-order valence-electron chi connectivity index (χ0n) is 13.0. The average Bonchev–Trinajstić information content (AvgIpc) is 2.38. The van der Waals surface area contributed by atoms with Gasteiger partial charge in [0.05, 0.1) is 6.61 Å². The number of hydrogen-bond donors (Lipinski definition) is 1. The third kappa shape index (κ3) is 4.85. The maximum atomic E-state index is 11.8. The van der Waals surface area contributed by atoms with Gasteiger partial charge in [-0.15, -0.1) is 0 Å². The summed E-state index contributed by atoms with van der Waals surface area (Å²) in [5.74, 6) is 1.08. The predicted molar refractivity (Wildman–Crippen MR) is 80.2 cm³/mol. The first-order valence-corrected chi connectivity index (χ1v) is 6.99. The van der Waals surface area contributed by atoms with Gasteiger partial charge in [-0.1, -0.05) is 19.9 Å².